The molecule has 0 bridgehead atoms. The van der Waals surface area contributed by atoms with Gasteiger partial charge in [0.15, 0.2) is 5.78 Å². The quantitative estimate of drug-likeness (QED) is 0.0361. The second-order valence-corrected chi connectivity index (χ2v) is 11.6. The fraction of sp³-hybridized carbons (Fsp3) is 0.389. The predicted molar refractivity (Wildman–Crippen MR) is 187 cm³/mol. The first-order chi connectivity index (χ1) is 23.8. The van der Waals surface area contributed by atoms with Gasteiger partial charge in [0.1, 0.15) is 17.7 Å². The molecule has 3 rings (SSSR count). The second kappa shape index (κ2) is 22.0. The van der Waals surface area contributed by atoms with Crippen LogP contribution in [-0.2, 0) is 39.8 Å². The van der Waals surface area contributed by atoms with E-state index in [2.05, 4.69) is 44.2 Å². The number of hydrogen-bond acceptors (Lipinski definition) is 12. The number of ether oxygens (including phenoxy) is 5. The van der Waals surface area contributed by atoms with Gasteiger partial charge < -0.3 is 28.6 Å². The third kappa shape index (κ3) is 14.1. The van der Waals surface area contributed by atoms with Crippen molar-refractivity contribution in [3.8, 4) is 6.07 Å². The Bertz CT molecular complexity index is 1640. The fourth-order valence-corrected chi connectivity index (χ4v) is 5.18. The Morgan fingerprint density at radius 2 is 1.53 bits per heavy atom. The SMILES string of the molecule is [C-]#[N+]c1c(N=Nc2ccc(N(CCOCCOCCOCCOCCOC(=O)/C=C\C(C)=O)Cc3ccccc3)cc2C)sc(C#N)c1C. The maximum Gasteiger partial charge on any atom is 0.330 e. The Kier molecular flexibility index (Phi) is 17.4. The molecule has 0 spiro atoms. The van der Waals surface area contributed by atoms with Gasteiger partial charge in [-0.25, -0.2) is 9.64 Å². The molecule has 0 atom stereocenters. The first-order valence-corrected chi connectivity index (χ1v) is 16.5. The van der Waals surface area contributed by atoms with Crippen molar-refractivity contribution in [3.63, 3.8) is 0 Å². The summed E-state index contributed by atoms with van der Waals surface area (Å²) < 4.78 is 27.2. The van der Waals surface area contributed by atoms with Gasteiger partial charge >= 0.3 is 5.97 Å². The molecule has 0 unspecified atom stereocenters. The summed E-state index contributed by atoms with van der Waals surface area (Å²) in [7, 11) is 0. The number of esters is 1. The monoisotopic (exact) mass is 687 g/mol. The van der Waals surface area contributed by atoms with Crippen molar-refractivity contribution in [2.75, 3.05) is 70.9 Å². The van der Waals surface area contributed by atoms with Crippen LogP contribution >= 0.6 is 11.3 Å². The minimum absolute atomic E-state index is 0.0988. The molecule has 3 aromatic rings. The molecule has 0 aliphatic carbocycles. The molecule has 0 saturated carbocycles. The molecule has 0 aliphatic heterocycles. The van der Waals surface area contributed by atoms with E-state index in [1.54, 1.807) is 6.92 Å². The Morgan fingerprint density at radius 3 is 2.12 bits per heavy atom. The van der Waals surface area contributed by atoms with E-state index in [0.29, 0.717) is 86.2 Å². The second-order valence-electron chi connectivity index (χ2n) is 10.6. The highest BCUT2D eigenvalue weighted by molar-refractivity contribution is 7.17. The number of benzene rings is 2. The Balaban J connectivity index is 1.37. The lowest BCUT2D eigenvalue weighted by Crippen LogP contribution is -2.27. The van der Waals surface area contributed by atoms with Crippen LogP contribution in [0.4, 0.5) is 22.1 Å². The number of aryl methyl sites for hydroxylation is 1. The Hall–Kier alpha value is -4.76. The van der Waals surface area contributed by atoms with E-state index < -0.39 is 5.97 Å². The third-order valence-electron chi connectivity index (χ3n) is 6.87. The average Bonchev–Trinajstić information content (AvgIpc) is 3.42. The van der Waals surface area contributed by atoms with E-state index in [4.69, 9.17) is 30.3 Å². The van der Waals surface area contributed by atoms with Crippen molar-refractivity contribution in [3.05, 3.63) is 93.7 Å². The number of nitriles is 1. The van der Waals surface area contributed by atoms with Crippen LogP contribution in [0, 0.1) is 31.8 Å². The topological polar surface area (TPSA) is 136 Å². The summed E-state index contributed by atoms with van der Waals surface area (Å²) in [6, 6.07) is 18.3. The molecule has 0 radical (unpaired) electrons. The first kappa shape index (κ1) is 38.7. The number of hydrogen-bond donors (Lipinski definition) is 0. The van der Waals surface area contributed by atoms with E-state index in [-0.39, 0.29) is 19.0 Å². The molecule has 0 aliphatic rings. The van der Waals surface area contributed by atoms with Crippen molar-refractivity contribution >= 4 is 45.2 Å². The van der Waals surface area contributed by atoms with Gasteiger partial charge in [0, 0.05) is 24.9 Å². The zero-order valence-corrected chi connectivity index (χ0v) is 28.9. The molecular weight excluding hydrogens is 646 g/mol. The van der Waals surface area contributed by atoms with E-state index in [9.17, 15) is 14.9 Å². The van der Waals surface area contributed by atoms with E-state index >= 15 is 0 Å². The van der Waals surface area contributed by atoms with Crippen molar-refractivity contribution in [2.24, 2.45) is 10.2 Å². The molecule has 13 heteroatoms. The van der Waals surface area contributed by atoms with Gasteiger partial charge in [-0.3, -0.25) is 4.79 Å². The average molecular weight is 688 g/mol. The van der Waals surface area contributed by atoms with Crippen molar-refractivity contribution in [1.82, 2.24) is 0 Å². The normalized spacial score (nSPS) is 11.1. The lowest BCUT2D eigenvalue weighted by Gasteiger charge is -2.25. The minimum Gasteiger partial charge on any atom is -0.460 e. The third-order valence-corrected chi connectivity index (χ3v) is 7.94. The maximum atomic E-state index is 11.3. The van der Waals surface area contributed by atoms with Gasteiger partial charge in [-0.1, -0.05) is 30.3 Å². The van der Waals surface area contributed by atoms with Crippen molar-refractivity contribution in [1.29, 1.82) is 5.26 Å². The van der Waals surface area contributed by atoms with E-state index in [1.165, 1.54) is 23.8 Å². The number of allylic oxidation sites excluding steroid dienone is 1. The van der Waals surface area contributed by atoms with E-state index in [1.807, 2.05) is 37.3 Å². The van der Waals surface area contributed by atoms with Crippen LogP contribution in [0.25, 0.3) is 4.85 Å². The fourth-order valence-electron chi connectivity index (χ4n) is 4.32. The molecule has 12 nitrogen and oxygen atoms in total. The summed E-state index contributed by atoms with van der Waals surface area (Å²) in [5.74, 6) is -0.803. The number of ketones is 1. The van der Waals surface area contributed by atoms with Crippen LogP contribution in [0.2, 0.25) is 0 Å². The van der Waals surface area contributed by atoms with Crippen LogP contribution in [0.3, 0.4) is 0 Å². The number of thiophene rings is 1. The lowest BCUT2D eigenvalue weighted by molar-refractivity contribution is -0.139. The largest absolute Gasteiger partial charge is 0.460 e. The summed E-state index contributed by atoms with van der Waals surface area (Å²) in [5.41, 5.74) is 4.81. The van der Waals surface area contributed by atoms with Gasteiger partial charge in [-0.05, 0) is 61.7 Å². The highest BCUT2D eigenvalue weighted by atomic mass is 32.1. The van der Waals surface area contributed by atoms with Crippen molar-refractivity contribution < 1.29 is 33.3 Å². The van der Waals surface area contributed by atoms with Crippen LogP contribution in [0.5, 0.6) is 0 Å². The summed E-state index contributed by atoms with van der Waals surface area (Å²) in [5, 5.41) is 18.5. The summed E-state index contributed by atoms with van der Waals surface area (Å²) in [6.45, 7) is 17.2. The lowest BCUT2D eigenvalue weighted by atomic mass is 10.1. The van der Waals surface area contributed by atoms with Crippen LogP contribution in [0.15, 0.2) is 70.9 Å². The van der Waals surface area contributed by atoms with Crippen LogP contribution in [-0.4, -0.2) is 77.8 Å². The number of anilines is 1. The molecule has 0 saturated heterocycles. The summed E-state index contributed by atoms with van der Waals surface area (Å²) in [4.78, 5) is 28.4. The number of carbonyl (C=O) groups excluding carboxylic acids is 2. The van der Waals surface area contributed by atoms with Gasteiger partial charge in [-0.2, -0.15) is 15.5 Å². The van der Waals surface area contributed by atoms with Crippen LogP contribution in [0.1, 0.15) is 28.5 Å². The zero-order chi connectivity index (χ0) is 35.3. The molecule has 2 aromatic carbocycles. The Labute approximate surface area is 291 Å². The number of nitrogens with zero attached hydrogens (tertiary/aromatic N) is 5. The molecule has 0 fully saturated rings. The van der Waals surface area contributed by atoms with Crippen LogP contribution < -0.4 is 4.90 Å². The highest BCUT2D eigenvalue weighted by Crippen LogP contribution is 2.42. The molecule has 258 valence electrons. The molecule has 1 aromatic heterocycles. The molecular formula is C36H41N5O7S. The minimum atomic E-state index is -0.581. The first-order valence-electron chi connectivity index (χ1n) is 15.7. The van der Waals surface area contributed by atoms with Gasteiger partial charge in [0.05, 0.1) is 70.0 Å². The smallest absolute Gasteiger partial charge is 0.330 e. The zero-order valence-electron chi connectivity index (χ0n) is 28.1. The standard InChI is InChI=1S/C36H41N5O7S/c1-27-24-31(11-12-32(27)39-40-36-35(38-4)29(3)33(25-37)49-36)41(26-30-8-6-5-7-9-30)14-15-44-16-17-45-18-19-46-20-21-47-22-23-48-34(43)13-10-28(2)42/h5-13,24H,14-23,26H2,1-3H3/b13-10-,40-39?. The molecule has 1 heterocycles. The van der Waals surface area contributed by atoms with E-state index in [0.717, 1.165) is 23.4 Å². The van der Waals surface area contributed by atoms with Gasteiger partial charge in [-0.15, -0.1) is 11.3 Å². The molecule has 49 heavy (non-hydrogen) atoms. The van der Waals surface area contributed by atoms with Crippen molar-refractivity contribution in [2.45, 2.75) is 27.3 Å². The van der Waals surface area contributed by atoms with Gasteiger partial charge in [0.25, 0.3) is 0 Å². The number of rotatable bonds is 22. The maximum absolute atomic E-state index is 11.3. The highest BCUT2D eigenvalue weighted by Gasteiger charge is 2.15. The Morgan fingerprint density at radius 1 is 0.898 bits per heavy atom. The molecule has 0 N–H and O–H groups in total. The predicted octanol–water partition coefficient (Wildman–Crippen LogP) is 6.96. The number of azo groups is 1. The number of carbonyl (C=O) groups is 2. The summed E-state index contributed by atoms with van der Waals surface area (Å²) in [6.07, 6.45) is 2.24. The summed E-state index contributed by atoms with van der Waals surface area (Å²) >= 11 is 1.17. The van der Waals surface area contributed by atoms with Gasteiger partial charge in [0.2, 0.25) is 5.69 Å². The molecule has 0 amide bonds.